The molecule has 0 spiro atoms. The van der Waals surface area contributed by atoms with Gasteiger partial charge in [-0.05, 0) is 37.2 Å². The highest BCUT2D eigenvalue weighted by Crippen LogP contribution is 2.28. The molecule has 0 unspecified atom stereocenters. The number of thiocarbonyl (C=S) groups is 1. The number of phenols is 1. The summed E-state index contributed by atoms with van der Waals surface area (Å²) in [5, 5.41) is 14.9. The number of anilines is 1. The maximum absolute atomic E-state index is 11.4. The first-order valence-electron chi connectivity index (χ1n) is 5.06. The van der Waals surface area contributed by atoms with Crippen molar-refractivity contribution in [2.75, 3.05) is 5.32 Å². The standard InChI is InChI=1S/C11H12N2O2S/c14-9-3-1-2-8(6-9)12-11(16)13-10(15)7-4-5-7/h1-3,6-7,14H,4-5H2,(H2,12,13,15,16). The maximum Gasteiger partial charge on any atom is 0.229 e. The fraction of sp³-hybridized carbons (Fsp3) is 0.273. The van der Waals surface area contributed by atoms with Crippen LogP contribution in [0.4, 0.5) is 5.69 Å². The van der Waals surface area contributed by atoms with E-state index in [2.05, 4.69) is 10.6 Å². The van der Waals surface area contributed by atoms with Crippen LogP contribution in [-0.4, -0.2) is 16.1 Å². The Morgan fingerprint density at radius 1 is 1.44 bits per heavy atom. The summed E-state index contributed by atoms with van der Waals surface area (Å²) in [6.07, 6.45) is 1.89. The molecular formula is C11H12N2O2S. The summed E-state index contributed by atoms with van der Waals surface area (Å²) in [5.74, 6) is 0.253. The molecule has 16 heavy (non-hydrogen) atoms. The summed E-state index contributed by atoms with van der Waals surface area (Å²) in [6.45, 7) is 0. The Labute approximate surface area is 98.7 Å². The lowest BCUT2D eigenvalue weighted by molar-refractivity contribution is -0.120. The Hall–Kier alpha value is -1.62. The van der Waals surface area contributed by atoms with Gasteiger partial charge < -0.3 is 15.7 Å². The predicted octanol–water partition coefficient (Wildman–Crippen LogP) is 1.62. The molecule has 1 fully saturated rings. The van der Waals surface area contributed by atoms with Crippen LogP contribution in [0.5, 0.6) is 5.75 Å². The van der Waals surface area contributed by atoms with Gasteiger partial charge in [-0.3, -0.25) is 4.79 Å². The largest absolute Gasteiger partial charge is 0.508 e. The van der Waals surface area contributed by atoms with Crippen LogP contribution in [0.3, 0.4) is 0 Å². The van der Waals surface area contributed by atoms with Crippen LogP contribution in [0.25, 0.3) is 0 Å². The van der Waals surface area contributed by atoms with Gasteiger partial charge in [-0.15, -0.1) is 0 Å². The van der Waals surface area contributed by atoms with Gasteiger partial charge in [0.1, 0.15) is 5.75 Å². The summed E-state index contributed by atoms with van der Waals surface area (Å²) in [7, 11) is 0. The summed E-state index contributed by atoms with van der Waals surface area (Å²) < 4.78 is 0. The van der Waals surface area contributed by atoms with Gasteiger partial charge in [-0.1, -0.05) is 6.07 Å². The molecular weight excluding hydrogens is 224 g/mol. The van der Waals surface area contributed by atoms with Crippen molar-refractivity contribution < 1.29 is 9.90 Å². The van der Waals surface area contributed by atoms with Crippen molar-refractivity contribution in [1.82, 2.24) is 5.32 Å². The number of carbonyl (C=O) groups is 1. The predicted molar refractivity (Wildman–Crippen MR) is 65.2 cm³/mol. The van der Waals surface area contributed by atoms with Crippen molar-refractivity contribution in [2.45, 2.75) is 12.8 Å². The highest BCUT2D eigenvalue weighted by Gasteiger charge is 2.29. The maximum atomic E-state index is 11.4. The molecule has 1 aromatic rings. The Morgan fingerprint density at radius 2 is 2.19 bits per heavy atom. The van der Waals surface area contributed by atoms with E-state index in [0.29, 0.717) is 5.69 Å². The third kappa shape index (κ3) is 2.93. The lowest BCUT2D eigenvalue weighted by Crippen LogP contribution is -2.35. The van der Waals surface area contributed by atoms with E-state index < -0.39 is 0 Å². The number of carbonyl (C=O) groups excluding carboxylic acids is 1. The minimum absolute atomic E-state index is 0.0300. The zero-order valence-electron chi connectivity index (χ0n) is 8.56. The van der Waals surface area contributed by atoms with Crippen LogP contribution >= 0.6 is 12.2 Å². The molecule has 0 heterocycles. The number of aromatic hydroxyl groups is 1. The zero-order valence-corrected chi connectivity index (χ0v) is 9.38. The smallest absolute Gasteiger partial charge is 0.229 e. The molecule has 0 aliphatic heterocycles. The number of amides is 1. The second-order valence-corrected chi connectivity index (χ2v) is 4.18. The zero-order chi connectivity index (χ0) is 11.5. The molecule has 1 amide bonds. The van der Waals surface area contributed by atoms with Crippen LogP contribution < -0.4 is 10.6 Å². The number of phenolic OH excluding ortho intramolecular Hbond substituents is 1. The number of benzene rings is 1. The van der Waals surface area contributed by atoms with Gasteiger partial charge in [0.15, 0.2) is 5.11 Å². The van der Waals surface area contributed by atoms with Gasteiger partial charge in [0.05, 0.1) is 0 Å². The average Bonchev–Trinajstić information content (AvgIpc) is 2.99. The van der Waals surface area contributed by atoms with Crippen LogP contribution in [0, 0.1) is 5.92 Å². The normalized spacial score (nSPS) is 14.2. The number of hydrogen-bond donors (Lipinski definition) is 3. The van der Waals surface area contributed by atoms with Crippen LogP contribution in [-0.2, 0) is 4.79 Å². The molecule has 0 radical (unpaired) electrons. The molecule has 5 heteroatoms. The minimum Gasteiger partial charge on any atom is -0.508 e. The summed E-state index contributed by atoms with van der Waals surface area (Å²) >= 11 is 4.98. The van der Waals surface area contributed by atoms with E-state index in [1.165, 1.54) is 6.07 Å². The van der Waals surface area contributed by atoms with Gasteiger partial charge in [-0.25, -0.2) is 0 Å². The fourth-order valence-electron chi connectivity index (χ4n) is 1.31. The van der Waals surface area contributed by atoms with Crippen molar-refractivity contribution in [3.63, 3.8) is 0 Å². The van der Waals surface area contributed by atoms with E-state index in [1.54, 1.807) is 18.2 Å². The van der Waals surface area contributed by atoms with Crippen molar-refractivity contribution in [1.29, 1.82) is 0 Å². The molecule has 0 saturated heterocycles. The fourth-order valence-corrected chi connectivity index (χ4v) is 1.52. The topological polar surface area (TPSA) is 61.4 Å². The molecule has 1 aliphatic carbocycles. The molecule has 1 aliphatic rings. The van der Waals surface area contributed by atoms with E-state index in [9.17, 15) is 9.90 Å². The summed E-state index contributed by atoms with van der Waals surface area (Å²) in [5.41, 5.74) is 0.654. The second-order valence-electron chi connectivity index (χ2n) is 3.77. The molecule has 1 saturated carbocycles. The first-order valence-corrected chi connectivity index (χ1v) is 5.47. The number of rotatable bonds is 2. The third-order valence-corrected chi connectivity index (χ3v) is 2.49. The molecule has 4 nitrogen and oxygen atoms in total. The Bertz CT molecular complexity index is 430. The van der Waals surface area contributed by atoms with Crippen molar-refractivity contribution in [3.8, 4) is 5.75 Å². The highest BCUT2D eigenvalue weighted by molar-refractivity contribution is 7.80. The van der Waals surface area contributed by atoms with E-state index in [-0.39, 0.29) is 22.7 Å². The molecule has 0 bridgehead atoms. The van der Waals surface area contributed by atoms with Gasteiger partial charge in [-0.2, -0.15) is 0 Å². The lowest BCUT2D eigenvalue weighted by atomic mass is 10.3. The SMILES string of the molecule is O=C(NC(=S)Nc1cccc(O)c1)C1CC1. The van der Waals surface area contributed by atoms with E-state index in [1.807, 2.05) is 0 Å². The minimum atomic E-state index is -0.0300. The first-order chi connectivity index (χ1) is 7.65. The molecule has 3 N–H and O–H groups in total. The molecule has 1 aromatic carbocycles. The van der Waals surface area contributed by atoms with Crippen molar-refractivity contribution in [3.05, 3.63) is 24.3 Å². The molecule has 84 valence electrons. The third-order valence-electron chi connectivity index (χ3n) is 2.29. The number of hydrogen-bond acceptors (Lipinski definition) is 3. The summed E-state index contributed by atoms with van der Waals surface area (Å²) in [4.78, 5) is 11.4. The van der Waals surface area contributed by atoms with E-state index >= 15 is 0 Å². The van der Waals surface area contributed by atoms with Gasteiger partial charge >= 0.3 is 0 Å². The Kier molecular flexibility index (Phi) is 3.05. The van der Waals surface area contributed by atoms with Gasteiger partial charge in [0, 0.05) is 17.7 Å². The molecule has 0 atom stereocenters. The monoisotopic (exact) mass is 236 g/mol. The highest BCUT2D eigenvalue weighted by atomic mass is 32.1. The van der Waals surface area contributed by atoms with Gasteiger partial charge in [0.2, 0.25) is 5.91 Å². The van der Waals surface area contributed by atoms with Crippen molar-refractivity contribution >= 4 is 28.9 Å². The first kappa shape index (κ1) is 10.9. The average molecular weight is 236 g/mol. The lowest BCUT2D eigenvalue weighted by Gasteiger charge is -2.09. The van der Waals surface area contributed by atoms with Gasteiger partial charge in [0.25, 0.3) is 0 Å². The van der Waals surface area contributed by atoms with Crippen LogP contribution in [0.2, 0.25) is 0 Å². The molecule has 2 rings (SSSR count). The Morgan fingerprint density at radius 3 is 2.81 bits per heavy atom. The molecule has 0 aromatic heterocycles. The van der Waals surface area contributed by atoms with Crippen LogP contribution in [0.1, 0.15) is 12.8 Å². The van der Waals surface area contributed by atoms with E-state index in [0.717, 1.165) is 12.8 Å². The van der Waals surface area contributed by atoms with E-state index in [4.69, 9.17) is 12.2 Å². The quantitative estimate of drug-likeness (QED) is 0.683. The second kappa shape index (κ2) is 4.49. The number of nitrogens with one attached hydrogen (secondary N) is 2. The Balaban J connectivity index is 1.89. The van der Waals surface area contributed by atoms with Crippen molar-refractivity contribution in [2.24, 2.45) is 5.92 Å². The van der Waals surface area contributed by atoms with Crippen LogP contribution in [0.15, 0.2) is 24.3 Å². The summed E-state index contributed by atoms with van der Waals surface area (Å²) in [6, 6.07) is 6.56.